The van der Waals surface area contributed by atoms with Crippen LogP contribution in [0.4, 0.5) is 13.2 Å². The van der Waals surface area contributed by atoms with E-state index in [-0.39, 0.29) is 19.0 Å². The fraction of sp³-hybridized carbons (Fsp3) is 0.200. The summed E-state index contributed by atoms with van der Waals surface area (Å²) in [5.41, 5.74) is 0.538. The second-order valence-electron chi connectivity index (χ2n) is 4.98. The summed E-state index contributed by atoms with van der Waals surface area (Å²) in [6, 6.07) is 11.1. The van der Waals surface area contributed by atoms with Crippen LogP contribution in [0.15, 0.2) is 42.5 Å². The van der Waals surface area contributed by atoms with Crippen molar-refractivity contribution in [1.29, 1.82) is 0 Å². The predicted molar refractivity (Wildman–Crippen MR) is 74.6 cm³/mol. The van der Waals surface area contributed by atoms with E-state index in [1.165, 1.54) is 6.07 Å². The van der Waals surface area contributed by atoms with Crippen LogP contribution in [-0.2, 0) is 24.0 Å². The molecule has 22 heavy (non-hydrogen) atoms. The van der Waals surface area contributed by atoms with Crippen LogP contribution in [0, 0.1) is 0 Å². The van der Waals surface area contributed by atoms with Crippen LogP contribution in [-0.4, -0.2) is 12.1 Å². The Morgan fingerprint density at radius 1 is 1.18 bits per heavy atom. The van der Waals surface area contributed by atoms with E-state index in [0.717, 1.165) is 11.6 Å². The van der Waals surface area contributed by atoms with Crippen LogP contribution in [0.1, 0.15) is 16.7 Å². The molecular weight excluding hydrogens is 296 g/mol. The Bertz CT molecular complexity index is 674. The molecule has 1 N–H and O–H groups in total. The third-order valence-corrected chi connectivity index (χ3v) is 3.45. The quantitative estimate of drug-likeness (QED) is 0.886. The lowest BCUT2D eigenvalue weighted by Gasteiger charge is -2.16. The summed E-state index contributed by atoms with van der Waals surface area (Å²) < 4.78 is 49.7. The Hall–Kier alpha value is -1.99. The summed E-state index contributed by atoms with van der Waals surface area (Å²) in [4.78, 5) is 0. The van der Waals surface area contributed by atoms with Crippen molar-refractivity contribution < 1.29 is 27.6 Å². The molecule has 1 heterocycles. The molecule has 114 valence electrons. The SMILES string of the molecule is OB1OCc2cc(C(F)(F)F)c(OCc3ccccc3)cc21. The molecule has 0 saturated heterocycles. The first-order valence-corrected chi connectivity index (χ1v) is 6.65. The number of benzene rings is 2. The highest BCUT2D eigenvalue weighted by Crippen LogP contribution is 2.37. The zero-order chi connectivity index (χ0) is 15.7. The molecule has 0 unspecified atom stereocenters. The van der Waals surface area contributed by atoms with Crippen LogP contribution in [0.5, 0.6) is 5.75 Å². The molecule has 1 aliphatic rings. The number of hydrogen-bond donors (Lipinski definition) is 1. The minimum Gasteiger partial charge on any atom is -0.488 e. The van der Waals surface area contributed by atoms with E-state index in [0.29, 0.717) is 11.0 Å². The van der Waals surface area contributed by atoms with E-state index in [9.17, 15) is 18.2 Å². The molecule has 1 aliphatic heterocycles. The molecule has 7 heteroatoms. The van der Waals surface area contributed by atoms with Gasteiger partial charge in [-0.1, -0.05) is 30.3 Å². The van der Waals surface area contributed by atoms with Crippen molar-refractivity contribution >= 4 is 12.6 Å². The molecule has 2 aromatic rings. The molecule has 0 fully saturated rings. The number of rotatable bonds is 3. The van der Waals surface area contributed by atoms with Gasteiger partial charge in [0.05, 0.1) is 12.2 Å². The summed E-state index contributed by atoms with van der Waals surface area (Å²) in [6.45, 7) is -0.0296. The van der Waals surface area contributed by atoms with Crippen molar-refractivity contribution in [3.05, 3.63) is 59.2 Å². The highest BCUT2D eigenvalue weighted by Gasteiger charge is 2.38. The van der Waals surface area contributed by atoms with Gasteiger partial charge in [-0.2, -0.15) is 13.2 Å². The van der Waals surface area contributed by atoms with Crippen molar-refractivity contribution in [3.63, 3.8) is 0 Å². The minimum atomic E-state index is -4.53. The van der Waals surface area contributed by atoms with E-state index >= 15 is 0 Å². The van der Waals surface area contributed by atoms with E-state index < -0.39 is 18.9 Å². The first kappa shape index (κ1) is 14.9. The first-order valence-electron chi connectivity index (χ1n) is 6.65. The summed E-state index contributed by atoms with van der Waals surface area (Å²) in [5, 5.41) is 9.63. The Morgan fingerprint density at radius 3 is 2.59 bits per heavy atom. The number of hydrogen-bond acceptors (Lipinski definition) is 3. The normalized spacial score (nSPS) is 14.1. The van der Waals surface area contributed by atoms with Gasteiger partial charge in [-0.3, -0.25) is 0 Å². The van der Waals surface area contributed by atoms with Crippen LogP contribution in [0.25, 0.3) is 0 Å². The molecule has 0 aliphatic carbocycles. The van der Waals surface area contributed by atoms with Crippen molar-refractivity contribution in [2.45, 2.75) is 19.4 Å². The zero-order valence-corrected chi connectivity index (χ0v) is 11.4. The van der Waals surface area contributed by atoms with Gasteiger partial charge >= 0.3 is 13.3 Å². The van der Waals surface area contributed by atoms with E-state index in [4.69, 9.17) is 9.39 Å². The average molecular weight is 308 g/mol. The number of fused-ring (bicyclic) bond motifs is 1. The lowest BCUT2D eigenvalue weighted by molar-refractivity contribution is -0.139. The van der Waals surface area contributed by atoms with Gasteiger partial charge in [-0.15, -0.1) is 0 Å². The van der Waals surface area contributed by atoms with E-state index in [1.54, 1.807) is 24.3 Å². The Labute approximate surface area is 125 Å². The van der Waals surface area contributed by atoms with Gasteiger partial charge in [0.15, 0.2) is 0 Å². The lowest BCUT2D eigenvalue weighted by atomic mass is 9.79. The maximum atomic E-state index is 13.2. The molecule has 0 amide bonds. The highest BCUT2D eigenvalue weighted by atomic mass is 19.4. The number of halogens is 3. The van der Waals surface area contributed by atoms with Gasteiger partial charge < -0.3 is 14.4 Å². The summed E-state index contributed by atoms with van der Waals surface area (Å²) in [5.74, 6) is -0.306. The van der Waals surface area contributed by atoms with Crippen molar-refractivity contribution in [1.82, 2.24) is 0 Å². The Balaban J connectivity index is 1.93. The second kappa shape index (κ2) is 5.66. The first-order chi connectivity index (χ1) is 10.4. The van der Waals surface area contributed by atoms with Crippen LogP contribution < -0.4 is 10.2 Å². The predicted octanol–water partition coefficient (Wildman–Crippen LogP) is 2.50. The molecule has 3 rings (SSSR count). The van der Waals surface area contributed by atoms with Crippen molar-refractivity contribution in [3.8, 4) is 5.75 Å². The summed E-state index contributed by atoms with van der Waals surface area (Å²) in [7, 11) is -1.21. The molecule has 0 radical (unpaired) electrons. The molecule has 2 aromatic carbocycles. The van der Waals surface area contributed by atoms with Crippen LogP contribution in [0.3, 0.4) is 0 Å². The standard InChI is InChI=1S/C15H12BF3O3/c17-15(18,19)12-6-11-9-22-16(20)13(11)7-14(12)21-8-10-4-2-1-3-5-10/h1-7,20H,8-9H2. The molecule has 0 bridgehead atoms. The molecule has 0 spiro atoms. The van der Waals surface area contributed by atoms with Crippen molar-refractivity contribution in [2.24, 2.45) is 0 Å². The van der Waals surface area contributed by atoms with Gasteiger partial charge in [0, 0.05) is 0 Å². The van der Waals surface area contributed by atoms with E-state index in [1.807, 2.05) is 6.07 Å². The van der Waals surface area contributed by atoms with Crippen molar-refractivity contribution in [2.75, 3.05) is 0 Å². The van der Waals surface area contributed by atoms with Gasteiger partial charge in [0.1, 0.15) is 12.4 Å². The fourth-order valence-electron chi connectivity index (χ4n) is 2.33. The largest absolute Gasteiger partial charge is 0.491 e. The average Bonchev–Trinajstić information content (AvgIpc) is 2.85. The smallest absolute Gasteiger partial charge is 0.488 e. The maximum Gasteiger partial charge on any atom is 0.491 e. The molecule has 3 nitrogen and oxygen atoms in total. The molecule has 0 aromatic heterocycles. The summed E-state index contributed by atoms with van der Waals surface area (Å²) in [6.07, 6.45) is -4.53. The van der Waals surface area contributed by atoms with Gasteiger partial charge in [0.2, 0.25) is 0 Å². The number of ether oxygens (including phenoxy) is 1. The number of alkyl halides is 3. The minimum absolute atomic E-state index is 0.0136. The Morgan fingerprint density at radius 2 is 1.91 bits per heavy atom. The molecular formula is C15H12BF3O3. The van der Waals surface area contributed by atoms with Gasteiger partial charge in [-0.25, -0.2) is 0 Å². The maximum absolute atomic E-state index is 13.2. The monoisotopic (exact) mass is 308 g/mol. The third kappa shape index (κ3) is 2.95. The van der Waals surface area contributed by atoms with E-state index in [2.05, 4.69) is 0 Å². The highest BCUT2D eigenvalue weighted by molar-refractivity contribution is 6.61. The third-order valence-electron chi connectivity index (χ3n) is 3.45. The molecule has 0 atom stereocenters. The van der Waals surface area contributed by atoms with Crippen LogP contribution in [0.2, 0.25) is 0 Å². The van der Waals surface area contributed by atoms with Crippen LogP contribution >= 0.6 is 0 Å². The zero-order valence-electron chi connectivity index (χ0n) is 11.4. The second-order valence-corrected chi connectivity index (χ2v) is 4.98. The van der Waals surface area contributed by atoms with Gasteiger partial charge in [0.25, 0.3) is 0 Å². The lowest BCUT2D eigenvalue weighted by Crippen LogP contribution is -2.28. The van der Waals surface area contributed by atoms with Gasteiger partial charge in [-0.05, 0) is 28.7 Å². The summed E-state index contributed by atoms with van der Waals surface area (Å²) >= 11 is 0. The Kier molecular flexibility index (Phi) is 3.84. The molecule has 0 saturated carbocycles. The topological polar surface area (TPSA) is 38.7 Å². The fourth-order valence-corrected chi connectivity index (χ4v) is 2.33.